The lowest BCUT2D eigenvalue weighted by Gasteiger charge is -2.32. The molecule has 1 N–H and O–H groups in total. The Kier molecular flexibility index (Phi) is 7.35. The lowest BCUT2D eigenvalue weighted by Crippen LogP contribution is -2.45. The number of halogens is 1. The standard InChI is InChI=1S/C27H27FN2O3/c28-24-14-12-20(13-15-24)27(32)30-16-6-9-22(18-30)26(31)29-17-21-7-4-5-8-23(21)19-33-25-10-2-1-3-11-25/h1-5,7-8,10-15,22H,6,9,16-19H2,(H,29,31). The summed E-state index contributed by atoms with van der Waals surface area (Å²) in [5, 5.41) is 3.03. The van der Waals surface area contributed by atoms with Crippen LogP contribution in [0.2, 0.25) is 0 Å². The van der Waals surface area contributed by atoms with Gasteiger partial charge in [0.05, 0.1) is 5.92 Å². The molecular formula is C27H27FN2O3. The third kappa shape index (κ3) is 5.98. The van der Waals surface area contributed by atoms with Crippen LogP contribution in [0.15, 0.2) is 78.9 Å². The van der Waals surface area contributed by atoms with Gasteiger partial charge in [-0.1, -0.05) is 42.5 Å². The van der Waals surface area contributed by atoms with Crippen molar-refractivity contribution in [2.75, 3.05) is 13.1 Å². The van der Waals surface area contributed by atoms with E-state index in [1.54, 1.807) is 4.90 Å². The van der Waals surface area contributed by atoms with Crippen molar-refractivity contribution < 1.29 is 18.7 Å². The molecule has 170 valence electrons. The third-order valence-electron chi connectivity index (χ3n) is 5.88. The number of amides is 2. The van der Waals surface area contributed by atoms with Crippen molar-refractivity contribution >= 4 is 11.8 Å². The summed E-state index contributed by atoms with van der Waals surface area (Å²) < 4.78 is 19.0. The minimum Gasteiger partial charge on any atom is -0.489 e. The van der Waals surface area contributed by atoms with E-state index in [1.165, 1.54) is 24.3 Å². The molecule has 1 aliphatic heterocycles. The van der Waals surface area contributed by atoms with Gasteiger partial charge in [0.15, 0.2) is 0 Å². The molecule has 1 aliphatic rings. The molecule has 2 amide bonds. The number of rotatable bonds is 7. The van der Waals surface area contributed by atoms with Crippen LogP contribution in [0.3, 0.4) is 0 Å². The zero-order valence-corrected chi connectivity index (χ0v) is 18.4. The number of nitrogens with one attached hydrogen (secondary N) is 1. The lowest BCUT2D eigenvalue weighted by molar-refractivity contribution is -0.126. The fourth-order valence-corrected chi connectivity index (χ4v) is 4.03. The van der Waals surface area contributed by atoms with Gasteiger partial charge in [-0.25, -0.2) is 4.39 Å². The second kappa shape index (κ2) is 10.8. The second-order valence-corrected chi connectivity index (χ2v) is 8.19. The van der Waals surface area contributed by atoms with Gasteiger partial charge in [-0.2, -0.15) is 0 Å². The van der Waals surface area contributed by atoms with Gasteiger partial charge in [0, 0.05) is 25.2 Å². The number of likely N-dealkylation sites (tertiary alicyclic amines) is 1. The van der Waals surface area contributed by atoms with Gasteiger partial charge in [-0.3, -0.25) is 9.59 Å². The average molecular weight is 447 g/mol. The maximum atomic E-state index is 13.2. The highest BCUT2D eigenvalue weighted by Crippen LogP contribution is 2.20. The number of ether oxygens (including phenoxy) is 1. The molecule has 1 heterocycles. The molecule has 1 saturated heterocycles. The number of hydrogen-bond donors (Lipinski definition) is 1. The maximum absolute atomic E-state index is 13.2. The highest BCUT2D eigenvalue weighted by molar-refractivity contribution is 5.94. The monoisotopic (exact) mass is 446 g/mol. The van der Waals surface area contributed by atoms with Gasteiger partial charge in [0.25, 0.3) is 5.91 Å². The van der Waals surface area contributed by atoms with E-state index in [0.717, 1.165) is 29.7 Å². The molecule has 0 spiro atoms. The number of piperidine rings is 1. The van der Waals surface area contributed by atoms with Gasteiger partial charge >= 0.3 is 0 Å². The van der Waals surface area contributed by atoms with Crippen LogP contribution in [0.1, 0.15) is 34.3 Å². The molecule has 0 radical (unpaired) electrons. The van der Waals surface area contributed by atoms with E-state index >= 15 is 0 Å². The molecule has 4 rings (SSSR count). The Morgan fingerprint density at radius 3 is 2.39 bits per heavy atom. The van der Waals surface area contributed by atoms with Gasteiger partial charge in [-0.15, -0.1) is 0 Å². The highest BCUT2D eigenvalue weighted by atomic mass is 19.1. The van der Waals surface area contributed by atoms with E-state index in [4.69, 9.17) is 4.74 Å². The van der Waals surface area contributed by atoms with Crippen molar-refractivity contribution in [1.82, 2.24) is 10.2 Å². The van der Waals surface area contributed by atoms with Crippen molar-refractivity contribution in [1.29, 1.82) is 0 Å². The summed E-state index contributed by atoms with van der Waals surface area (Å²) in [7, 11) is 0. The summed E-state index contributed by atoms with van der Waals surface area (Å²) in [6, 6.07) is 23.0. The Bertz CT molecular complexity index is 1090. The number of hydrogen-bond acceptors (Lipinski definition) is 3. The van der Waals surface area contributed by atoms with Crippen LogP contribution in [-0.4, -0.2) is 29.8 Å². The number of nitrogens with zero attached hydrogens (tertiary/aromatic N) is 1. The first kappa shape index (κ1) is 22.5. The van der Waals surface area contributed by atoms with Gasteiger partial charge in [0.1, 0.15) is 18.2 Å². The molecule has 3 aromatic rings. The highest BCUT2D eigenvalue weighted by Gasteiger charge is 2.29. The predicted octanol–water partition coefficient (Wildman–Crippen LogP) is 4.57. The van der Waals surface area contributed by atoms with Crippen LogP contribution < -0.4 is 10.1 Å². The van der Waals surface area contributed by atoms with Gasteiger partial charge < -0.3 is 15.0 Å². The molecule has 1 atom stereocenters. The van der Waals surface area contributed by atoms with Gasteiger partial charge in [-0.05, 0) is 60.4 Å². The molecule has 0 aromatic heterocycles. The molecule has 33 heavy (non-hydrogen) atoms. The molecule has 0 bridgehead atoms. The third-order valence-corrected chi connectivity index (χ3v) is 5.88. The minimum absolute atomic E-state index is 0.0645. The zero-order chi connectivity index (χ0) is 23.0. The maximum Gasteiger partial charge on any atom is 0.253 e. The van der Waals surface area contributed by atoms with Crippen molar-refractivity contribution in [3.63, 3.8) is 0 Å². The fourth-order valence-electron chi connectivity index (χ4n) is 4.03. The Morgan fingerprint density at radius 1 is 0.939 bits per heavy atom. The summed E-state index contributed by atoms with van der Waals surface area (Å²) in [4.78, 5) is 27.3. The average Bonchev–Trinajstić information content (AvgIpc) is 2.87. The van der Waals surface area contributed by atoms with E-state index in [-0.39, 0.29) is 23.5 Å². The smallest absolute Gasteiger partial charge is 0.253 e. The van der Waals surface area contributed by atoms with Crippen LogP contribution in [0.5, 0.6) is 5.75 Å². The largest absolute Gasteiger partial charge is 0.489 e. The van der Waals surface area contributed by atoms with Crippen LogP contribution in [0.4, 0.5) is 4.39 Å². The quantitative estimate of drug-likeness (QED) is 0.578. The molecule has 1 unspecified atom stereocenters. The van der Waals surface area contributed by atoms with Crippen LogP contribution in [0.25, 0.3) is 0 Å². The van der Waals surface area contributed by atoms with Crippen LogP contribution in [-0.2, 0) is 17.9 Å². The summed E-state index contributed by atoms with van der Waals surface area (Å²) in [6.07, 6.45) is 1.49. The summed E-state index contributed by atoms with van der Waals surface area (Å²) in [5.74, 6) is -0.0847. The summed E-state index contributed by atoms with van der Waals surface area (Å²) >= 11 is 0. The van der Waals surface area contributed by atoms with E-state index in [0.29, 0.717) is 31.8 Å². The number of carbonyl (C=O) groups excluding carboxylic acids is 2. The first-order valence-corrected chi connectivity index (χ1v) is 11.2. The number of carbonyl (C=O) groups is 2. The Labute approximate surface area is 193 Å². The minimum atomic E-state index is -0.378. The Morgan fingerprint density at radius 2 is 1.64 bits per heavy atom. The van der Waals surface area contributed by atoms with E-state index in [1.807, 2.05) is 54.6 Å². The fraction of sp³-hybridized carbons (Fsp3) is 0.259. The molecule has 3 aromatic carbocycles. The van der Waals surface area contributed by atoms with Crippen molar-refractivity contribution in [3.05, 3.63) is 101 Å². The molecule has 1 fully saturated rings. The molecule has 5 nitrogen and oxygen atoms in total. The normalized spacial score (nSPS) is 15.7. The molecule has 0 aliphatic carbocycles. The van der Waals surface area contributed by atoms with Crippen LogP contribution in [0, 0.1) is 11.7 Å². The van der Waals surface area contributed by atoms with Gasteiger partial charge in [0.2, 0.25) is 5.91 Å². The van der Waals surface area contributed by atoms with Crippen molar-refractivity contribution in [2.24, 2.45) is 5.92 Å². The topological polar surface area (TPSA) is 58.6 Å². The molecular weight excluding hydrogens is 419 g/mol. The van der Waals surface area contributed by atoms with E-state index in [2.05, 4.69) is 5.32 Å². The Hall–Kier alpha value is -3.67. The summed E-state index contributed by atoms with van der Waals surface area (Å²) in [5.41, 5.74) is 2.44. The van der Waals surface area contributed by atoms with E-state index < -0.39 is 0 Å². The molecule has 0 saturated carbocycles. The number of benzene rings is 3. The molecule has 6 heteroatoms. The second-order valence-electron chi connectivity index (χ2n) is 8.19. The SMILES string of the molecule is O=C(NCc1ccccc1COc1ccccc1)C1CCCN(C(=O)c2ccc(F)cc2)C1. The Balaban J connectivity index is 1.33. The van der Waals surface area contributed by atoms with Crippen molar-refractivity contribution in [2.45, 2.75) is 26.0 Å². The first-order chi connectivity index (χ1) is 16.1. The van der Waals surface area contributed by atoms with Crippen molar-refractivity contribution in [3.8, 4) is 5.75 Å². The summed E-state index contributed by atoms with van der Waals surface area (Å²) in [6.45, 7) is 1.77. The lowest BCUT2D eigenvalue weighted by atomic mass is 9.96. The predicted molar refractivity (Wildman–Crippen MR) is 124 cm³/mol. The van der Waals surface area contributed by atoms with E-state index in [9.17, 15) is 14.0 Å². The van der Waals surface area contributed by atoms with Crippen LogP contribution >= 0.6 is 0 Å². The number of para-hydroxylation sites is 1. The zero-order valence-electron chi connectivity index (χ0n) is 18.4. The first-order valence-electron chi connectivity index (χ1n) is 11.2.